The van der Waals surface area contributed by atoms with Crippen LogP contribution in [0.25, 0.3) is 0 Å². The van der Waals surface area contributed by atoms with Crippen LogP contribution in [-0.4, -0.2) is 31.6 Å². The first-order valence-corrected chi connectivity index (χ1v) is 11.4. The average Bonchev–Trinajstić information content (AvgIpc) is 2.84. The van der Waals surface area contributed by atoms with Gasteiger partial charge in [-0.3, -0.25) is 9.59 Å². The summed E-state index contributed by atoms with van der Waals surface area (Å²) >= 11 is 6.20. The Hall–Kier alpha value is -3.71. The molecule has 3 aromatic rings. The molecule has 0 saturated heterocycles. The maximum absolute atomic E-state index is 12.4. The summed E-state index contributed by atoms with van der Waals surface area (Å²) in [5, 5.41) is 9.01. The SMILES string of the molecule is CCCC(=O)Nc1ccc(Cl)c(NC(=O)CNc2cccc(OCCOc3ccccc3)c2)c1. The van der Waals surface area contributed by atoms with E-state index in [0.29, 0.717) is 41.8 Å². The molecule has 0 unspecified atom stereocenters. The van der Waals surface area contributed by atoms with Gasteiger partial charge in [0.1, 0.15) is 24.7 Å². The fourth-order valence-corrected chi connectivity index (χ4v) is 3.22. The molecule has 178 valence electrons. The van der Waals surface area contributed by atoms with Gasteiger partial charge in [0, 0.05) is 23.9 Å². The Labute approximate surface area is 204 Å². The molecule has 2 amide bonds. The number of para-hydroxylation sites is 1. The summed E-state index contributed by atoms with van der Waals surface area (Å²) < 4.78 is 11.3. The van der Waals surface area contributed by atoms with Gasteiger partial charge >= 0.3 is 0 Å². The molecule has 0 aromatic heterocycles. The molecular formula is C26H28ClN3O4. The first-order valence-electron chi connectivity index (χ1n) is 11.1. The van der Waals surface area contributed by atoms with E-state index in [4.69, 9.17) is 21.1 Å². The number of hydrogen-bond donors (Lipinski definition) is 3. The van der Waals surface area contributed by atoms with Crippen molar-refractivity contribution in [3.8, 4) is 11.5 Å². The minimum absolute atomic E-state index is 0.0311. The van der Waals surface area contributed by atoms with Gasteiger partial charge in [-0.15, -0.1) is 0 Å². The molecule has 0 radical (unpaired) electrons. The molecule has 0 fully saturated rings. The van der Waals surface area contributed by atoms with E-state index < -0.39 is 0 Å². The number of amides is 2. The van der Waals surface area contributed by atoms with Gasteiger partial charge in [-0.1, -0.05) is 42.8 Å². The van der Waals surface area contributed by atoms with Crippen molar-refractivity contribution < 1.29 is 19.1 Å². The van der Waals surface area contributed by atoms with E-state index in [1.807, 2.05) is 61.5 Å². The largest absolute Gasteiger partial charge is 0.490 e. The number of ether oxygens (including phenoxy) is 2. The lowest BCUT2D eigenvalue weighted by atomic mass is 10.2. The van der Waals surface area contributed by atoms with Crippen molar-refractivity contribution in [1.29, 1.82) is 0 Å². The van der Waals surface area contributed by atoms with Crippen molar-refractivity contribution in [2.45, 2.75) is 19.8 Å². The second kappa shape index (κ2) is 13.1. The van der Waals surface area contributed by atoms with Crippen LogP contribution in [0.2, 0.25) is 5.02 Å². The van der Waals surface area contributed by atoms with Crippen molar-refractivity contribution in [1.82, 2.24) is 0 Å². The van der Waals surface area contributed by atoms with Gasteiger partial charge in [-0.25, -0.2) is 0 Å². The summed E-state index contributed by atoms with van der Waals surface area (Å²) in [4.78, 5) is 24.2. The summed E-state index contributed by atoms with van der Waals surface area (Å²) in [7, 11) is 0. The van der Waals surface area contributed by atoms with Crippen LogP contribution in [-0.2, 0) is 9.59 Å². The third kappa shape index (κ3) is 8.33. The fourth-order valence-electron chi connectivity index (χ4n) is 3.06. The second-order valence-corrected chi connectivity index (χ2v) is 7.84. The molecule has 3 aromatic carbocycles. The topological polar surface area (TPSA) is 88.7 Å². The van der Waals surface area contributed by atoms with Crippen molar-refractivity contribution in [2.24, 2.45) is 0 Å². The number of rotatable bonds is 12. The minimum atomic E-state index is -0.276. The van der Waals surface area contributed by atoms with Gasteiger partial charge in [0.2, 0.25) is 11.8 Å². The summed E-state index contributed by atoms with van der Waals surface area (Å²) in [5.74, 6) is 1.10. The highest BCUT2D eigenvalue weighted by atomic mass is 35.5. The van der Waals surface area contributed by atoms with Gasteiger partial charge in [0.25, 0.3) is 0 Å². The molecule has 0 saturated carbocycles. The lowest BCUT2D eigenvalue weighted by molar-refractivity contribution is -0.116. The van der Waals surface area contributed by atoms with E-state index in [2.05, 4.69) is 16.0 Å². The molecule has 0 spiro atoms. The first kappa shape index (κ1) is 24.9. The Bertz CT molecular complexity index is 1090. The Balaban J connectivity index is 1.46. The van der Waals surface area contributed by atoms with E-state index in [-0.39, 0.29) is 18.4 Å². The Morgan fingerprint density at radius 2 is 1.53 bits per heavy atom. The molecule has 3 rings (SSSR count). The highest BCUT2D eigenvalue weighted by molar-refractivity contribution is 6.33. The van der Waals surface area contributed by atoms with Crippen LogP contribution in [0.3, 0.4) is 0 Å². The predicted molar refractivity (Wildman–Crippen MR) is 136 cm³/mol. The number of anilines is 3. The summed E-state index contributed by atoms with van der Waals surface area (Å²) in [5.41, 5.74) is 1.74. The normalized spacial score (nSPS) is 10.3. The van der Waals surface area contributed by atoms with E-state index in [0.717, 1.165) is 17.9 Å². The Kier molecular flexibility index (Phi) is 9.61. The maximum Gasteiger partial charge on any atom is 0.243 e. The molecule has 34 heavy (non-hydrogen) atoms. The lowest BCUT2D eigenvalue weighted by Crippen LogP contribution is -2.22. The highest BCUT2D eigenvalue weighted by Gasteiger charge is 2.09. The molecule has 0 heterocycles. The molecule has 0 aliphatic rings. The van der Waals surface area contributed by atoms with E-state index >= 15 is 0 Å². The zero-order chi connectivity index (χ0) is 24.2. The molecular weight excluding hydrogens is 454 g/mol. The van der Waals surface area contributed by atoms with Gasteiger partial charge in [0.15, 0.2) is 0 Å². The Morgan fingerprint density at radius 3 is 2.29 bits per heavy atom. The third-order valence-corrected chi connectivity index (χ3v) is 4.98. The molecule has 0 aliphatic heterocycles. The highest BCUT2D eigenvalue weighted by Crippen LogP contribution is 2.26. The number of nitrogens with one attached hydrogen (secondary N) is 3. The van der Waals surface area contributed by atoms with Gasteiger partial charge in [-0.05, 0) is 48.9 Å². The first-order chi connectivity index (χ1) is 16.5. The van der Waals surface area contributed by atoms with Crippen molar-refractivity contribution in [3.05, 3.63) is 77.8 Å². The third-order valence-electron chi connectivity index (χ3n) is 4.65. The van der Waals surface area contributed by atoms with Crippen LogP contribution in [0.5, 0.6) is 11.5 Å². The molecule has 0 bridgehead atoms. The van der Waals surface area contributed by atoms with Crippen LogP contribution in [0, 0.1) is 0 Å². The predicted octanol–water partition coefficient (Wildman–Crippen LogP) is 5.59. The second-order valence-electron chi connectivity index (χ2n) is 7.43. The summed E-state index contributed by atoms with van der Waals surface area (Å²) in [6.45, 7) is 2.77. The average molecular weight is 482 g/mol. The van der Waals surface area contributed by atoms with Crippen LogP contribution in [0.4, 0.5) is 17.1 Å². The summed E-state index contributed by atoms with van der Waals surface area (Å²) in [6, 6.07) is 21.8. The molecule has 3 N–H and O–H groups in total. The van der Waals surface area contributed by atoms with Crippen molar-refractivity contribution in [2.75, 3.05) is 35.7 Å². The van der Waals surface area contributed by atoms with Crippen LogP contribution in [0.15, 0.2) is 72.8 Å². The van der Waals surface area contributed by atoms with E-state index in [9.17, 15) is 9.59 Å². The number of hydrogen-bond acceptors (Lipinski definition) is 5. The number of halogens is 1. The molecule has 7 nitrogen and oxygen atoms in total. The standard InChI is InChI=1S/C26H28ClN3O4/c1-2-7-25(31)29-20-12-13-23(27)24(17-20)30-26(32)18-28-19-8-6-11-22(16-19)34-15-14-33-21-9-4-3-5-10-21/h3-6,8-13,16-17,28H,2,7,14-15,18H2,1H3,(H,29,31)(H,30,32). The fraction of sp³-hybridized carbons (Fsp3) is 0.231. The zero-order valence-corrected chi connectivity index (χ0v) is 19.7. The molecule has 0 aliphatic carbocycles. The van der Waals surface area contributed by atoms with Gasteiger partial charge < -0.3 is 25.4 Å². The Morgan fingerprint density at radius 1 is 0.794 bits per heavy atom. The number of benzene rings is 3. The number of carbonyl (C=O) groups is 2. The number of carbonyl (C=O) groups excluding carboxylic acids is 2. The quantitative estimate of drug-likeness (QED) is 0.293. The van der Waals surface area contributed by atoms with Crippen molar-refractivity contribution in [3.63, 3.8) is 0 Å². The molecule has 0 atom stereocenters. The minimum Gasteiger partial charge on any atom is -0.490 e. The van der Waals surface area contributed by atoms with E-state index in [1.165, 1.54) is 0 Å². The summed E-state index contributed by atoms with van der Waals surface area (Å²) in [6.07, 6.45) is 1.18. The maximum atomic E-state index is 12.4. The lowest BCUT2D eigenvalue weighted by Gasteiger charge is -2.12. The smallest absolute Gasteiger partial charge is 0.243 e. The van der Waals surface area contributed by atoms with Gasteiger partial charge in [-0.2, -0.15) is 0 Å². The van der Waals surface area contributed by atoms with Crippen LogP contribution >= 0.6 is 11.6 Å². The van der Waals surface area contributed by atoms with Crippen LogP contribution < -0.4 is 25.4 Å². The van der Waals surface area contributed by atoms with Gasteiger partial charge in [0.05, 0.1) is 17.3 Å². The van der Waals surface area contributed by atoms with E-state index in [1.54, 1.807) is 18.2 Å². The van der Waals surface area contributed by atoms with Crippen molar-refractivity contribution >= 4 is 40.5 Å². The monoisotopic (exact) mass is 481 g/mol. The molecule has 8 heteroatoms. The zero-order valence-electron chi connectivity index (χ0n) is 19.0. The van der Waals surface area contributed by atoms with Crippen LogP contribution in [0.1, 0.15) is 19.8 Å².